The maximum Gasteiger partial charge on any atom is 0.264 e. The van der Waals surface area contributed by atoms with E-state index >= 15 is 0 Å². The molecule has 0 spiro atoms. The Labute approximate surface area is 264 Å². The molecule has 2 amide bonds. The van der Waals surface area contributed by atoms with Gasteiger partial charge in [-0.15, -0.1) is 0 Å². The minimum atomic E-state index is -4.28. The largest absolute Gasteiger partial charge is 0.495 e. The van der Waals surface area contributed by atoms with E-state index in [2.05, 4.69) is 5.32 Å². The van der Waals surface area contributed by atoms with Gasteiger partial charge in [0, 0.05) is 24.0 Å². The molecule has 0 unspecified atom stereocenters. The predicted molar refractivity (Wildman–Crippen MR) is 173 cm³/mol. The van der Waals surface area contributed by atoms with Crippen LogP contribution >= 0.6 is 11.6 Å². The molecular formula is C34H36ClN3O5S. The van der Waals surface area contributed by atoms with Gasteiger partial charge in [-0.3, -0.25) is 13.9 Å². The van der Waals surface area contributed by atoms with Gasteiger partial charge < -0.3 is 15.0 Å². The standard InChI is InChI=1S/C34H36ClN3O5S/c1-25(2)36-34(40)31(21-26-13-7-4-8-14-26)37(23-27-15-9-5-10-16-27)33(39)24-38(30-22-28(35)19-20-32(30)43-3)44(41,42)29-17-11-6-12-18-29/h4-20,22,25,31H,21,23-24H2,1-3H3,(H,36,40)/t31-/m1/s1. The van der Waals surface area contributed by atoms with Gasteiger partial charge in [0.05, 0.1) is 17.7 Å². The Morgan fingerprint density at radius 3 is 1.98 bits per heavy atom. The van der Waals surface area contributed by atoms with Crippen molar-refractivity contribution in [3.8, 4) is 5.75 Å². The highest BCUT2D eigenvalue weighted by molar-refractivity contribution is 7.92. The lowest BCUT2D eigenvalue weighted by Gasteiger charge is -2.34. The number of halogens is 1. The quantitative estimate of drug-likeness (QED) is 0.204. The maximum absolute atomic E-state index is 14.5. The number of amides is 2. The van der Waals surface area contributed by atoms with E-state index in [1.807, 2.05) is 74.5 Å². The van der Waals surface area contributed by atoms with Gasteiger partial charge >= 0.3 is 0 Å². The Hall–Kier alpha value is -4.34. The molecular weight excluding hydrogens is 598 g/mol. The molecule has 1 N–H and O–H groups in total. The molecule has 0 saturated carbocycles. The molecule has 0 heterocycles. The molecule has 0 saturated heterocycles. The van der Waals surface area contributed by atoms with Crippen LogP contribution in [0.1, 0.15) is 25.0 Å². The molecule has 0 bridgehead atoms. The third-order valence-corrected chi connectivity index (χ3v) is 8.93. The van der Waals surface area contributed by atoms with Gasteiger partial charge in [0.1, 0.15) is 18.3 Å². The van der Waals surface area contributed by atoms with Crippen LogP contribution in [0.3, 0.4) is 0 Å². The van der Waals surface area contributed by atoms with Crippen LogP contribution in [-0.4, -0.2) is 50.9 Å². The Bertz CT molecular complexity index is 1650. The van der Waals surface area contributed by atoms with Gasteiger partial charge in [-0.2, -0.15) is 0 Å². The fourth-order valence-corrected chi connectivity index (χ4v) is 6.41. The number of methoxy groups -OCH3 is 1. The van der Waals surface area contributed by atoms with Crippen LogP contribution in [-0.2, 0) is 32.6 Å². The van der Waals surface area contributed by atoms with Crippen molar-refractivity contribution in [3.05, 3.63) is 125 Å². The van der Waals surface area contributed by atoms with E-state index in [1.54, 1.807) is 30.3 Å². The number of rotatable bonds is 13. The average molecular weight is 634 g/mol. The summed E-state index contributed by atoms with van der Waals surface area (Å²) in [7, 11) is -2.87. The first-order chi connectivity index (χ1) is 21.1. The van der Waals surface area contributed by atoms with E-state index in [1.165, 1.54) is 30.2 Å². The van der Waals surface area contributed by atoms with E-state index in [4.69, 9.17) is 16.3 Å². The Balaban J connectivity index is 1.83. The lowest BCUT2D eigenvalue weighted by molar-refractivity contribution is -0.140. The first-order valence-corrected chi connectivity index (χ1v) is 16.0. The Morgan fingerprint density at radius 2 is 1.41 bits per heavy atom. The number of anilines is 1. The first kappa shape index (κ1) is 32.6. The highest BCUT2D eigenvalue weighted by atomic mass is 35.5. The van der Waals surface area contributed by atoms with Crippen LogP contribution in [0.2, 0.25) is 5.02 Å². The van der Waals surface area contributed by atoms with Crippen molar-refractivity contribution >= 4 is 39.1 Å². The maximum atomic E-state index is 14.5. The summed E-state index contributed by atoms with van der Waals surface area (Å²) < 4.78 is 34.8. The zero-order valence-electron chi connectivity index (χ0n) is 24.9. The number of carbonyl (C=O) groups excluding carboxylic acids is 2. The summed E-state index contributed by atoms with van der Waals surface area (Å²) in [4.78, 5) is 29.7. The van der Waals surface area contributed by atoms with Gasteiger partial charge in [-0.1, -0.05) is 90.5 Å². The molecule has 4 rings (SSSR count). The van der Waals surface area contributed by atoms with E-state index in [0.717, 1.165) is 15.4 Å². The van der Waals surface area contributed by atoms with E-state index < -0.39 is 28.5 Å². The van der Waals surface area contributed by atoms with Gasteiger partial charge in [0.2, 0.25) is 11.8 Å². The summed E-state index contributed by atoms with van der Waals surface area (Å²) in [5, 5.41) is 3.21. The summed E-state index contributed by atoms with van der Waals surface area (Å²) >= 11 is 6.33. The molecule has 0 aromatic heterocycles. The molecule has 4 aromatic carbocycles. The molecule has 230 valence electrons. The molecule has 0 aliphatic rings. The monoisotopic (exact) mass is 633 g/mol. The molecule has 1 atom stereocenters. The zero-order chi connectivity index (χ0) is 31.7. The number of nitrogens with zero attached hydrogens (tertiary/aromatic N) is 2. The van der Waals surface area contributed by atoms with E-state index in [0.29, 0.717) is 0 Å². The van der Waals surface area contributed by atoms with Crippen molar-refractivity contribution in [2.24, 2.45) is 0 Å². The number of sulfonamides is 1. The molecule has 0 aliphatic carbocycles. The predicted octanol–water partition coefficient (Wildman–Crippen LogP) is 5.71. The van der Waals surface area contributed by atoms with Gasteiger partial charge in [-0.25, -0.2) is 8.42 Å². The number of hydrogen-bond donors (Lipinski definition) is 1. The topological polar surface area (TPSA) is 96.0 Å². The Morgan fingerprint density at radius 1 is 0.841 bits per heavy atom. The normalized spacial score (nSPS) is 11.9. The highest BCUT2D eigenvalue weighted by Gasteiger charge is 2.35. The van der Waals surface area contributed by atoms with Crippen LogP contribution < -0.4 is 14.4 Å². The minimum absolute atomic E-state index is 0.0113. The van der Waals surface area contributed by atoms with Gasteiger partial charge in [-0.05, 0) is 55.3 Å². The highest BCUT2D eigenvalue weighted by Crippen LogP contribution is 2.35. The SMILES string of the molecule is COc1ccc(Cl)cc1N(CC(=O)N(Cc1ccccc1)[C@H](Cc1ccccc1)C(=O)NC(C)C)S(=O)(=O)c1ccccc1. The lowest BCUT2D eigenvalue weighted by atomic mass is 10.0. The lowest BCUT2D eigenvalue weighted by Crippen LogP contribution is -2.54. The van der Waals surface area contributed by atoms with Crippen LogP contribution in [0.4, 0.5) is 5.69 Å². The third-order valence-electron chi connectivity index (χ3n) is 6.92. The summed E-state index contributed by atoms with van der Waals surface area (Å²) in [6.45, 7) is 3.16. The van der Waals surface area contributed by atoms with Crippen molar-refractivity contribution in [3.63, 3.8) is 0 Å². The summed E-state index contributed by atoms with van der Waals surface area (Å²) in [6, 6.07) is 30.0. The van der Waals surface area contributed by atoms with Gasteiger partial charge in [0.15, 0.2) is 0 Å². The average Bonchev–Trinajstić information content (AvgIpc) is 3.02. The van der Waals surface area contributed by atoms with Crippen molar-refractivity contribution in [2.45, 2.75) is 43.8 Å². The second kappa shape index (κ2) is 14.9. The first-order valence-electron chi connectivity index (χ1n) is 14.2. The smallest absolute Gasteiger partial charge is 0.264 e. The molecule has 4 aromatic rings. The molecule has 0 radical (unpaired) electrons. The van der Waals surface area contributed by atoms with Crippen molar-refractivity contribution in [1.82, 2.24) is 10.2 Å². The Kier molecular flexibility index (Phi) is 11.0. The number of ether oxygens (including phenoxy) is 1. The fraction of sp³-hybridized carbons (Fsp3) is 0.235. The van der Waals surface area contributed by atoms with Crippen LogP contribution in [0, 0.1) is 0 Å². The minimum Gasteiger partial charge on any atom is -0.495 e. The van der Waals surface area contributed by atoms with Crippen LogP contribution in [0.25, 0.3) is 0 Å². The van der Waals surface area contributed by atoms with Crippen molar-refractivity contribution < 1.29 is 22.7 Å². The molecule has 0 fully saturated rings. The van der Waals surface area contributed by atoms with Gasteiger partial charge in [0.25, 0.3) is 10.0 Å². The second-order valence-corrected chi connectivity index (χ2v) is 12.8. The summed E-state index contributed by atoms with van der Waals surface area (Å²) in [6.07, 6.45) is 0.226. The van der Waals surface area contributed by atoms with E-state index in [9.17, 15) is 18.0 Å². The molecule has 44 heavy (non-hydrogen) atoms. The van der Waals surface area contributed by atoms with Crippen LogP contribution in [0.5, 0.6) is 5.75 Å². The number of benzene rings is 4. The molecule has 8 nitrogen and oxygen atoms in total. The molecule has 0 aliphatic heterocycles. The van der Waals surface area contributed by atoms with Crippen LogP contribution in [0.15, 0.2) is 114 Å². The number of nitrogens with one attached hydrogen (secondary N) is 1. The summed E-state index contributed by atoms with van der Waals surface area (Å²) in [5.74, 6) is -0.698. The second-order valence-electron chi connectivity index (χ2n) is 10.5. The van der Waals surface area contributed by atoms with Crippen molar-refractivity contribution in [2.75, 3.05) is 18.0 Å². The van der Waals surface area contributed by atoms with E-state index in [-0.39, 0.29) is 46.3 Å². The number of hydrogen-bond acceptors (Lipinski definition) is 5. The third kappa shape index (κ3) is 8.18. The van der Waals surface area contributed by atoms with Crippen molar-refractivity contribution in [1.29, 1.82) is 0 Å². The zero-order valence-corrected chi connectivity index (χ0v) is 26.5. The summed E-state index contributed by atoms with van der Waals surface area (Å²) in [5.41, 5.74) is 1.74. The molecule has 10 heteroatoms. The number of carbonyl (C=O) groups is 2. The fourth-order valence-electron chi connectivity index (χ4n) is 4.81.